The molecule has 1 aromatic carbocycles. The van der Waals surface area contributed by atoms with Crippen molar-refractivity contribution in [2.75, 3.05) is 0 Å². The Hall–Kier alpha value is -2.47. The maximum Gasteiger partial charge on any atom is 0.310 e. The molecular formula is C32H45NO4S. The molecule has 0 saturated heterocycles. The normalized spacial score (nSPS) is 15.2. The van der Waals surface area contributed by atoms with E-state index in [2.05, 4.69) is 53.5 Å². The van der Waals surface area contributed by atoms with Crippen LogP contribution in [0.4, 0.5) is 0 Å². The Bertz CT molecular complexity index is 1260. The Kier molecular flexibility index (Phi) is 8.67. The number of aryl methyl sites for hydroxylation is 1. The Morgan fingerprint density at radius 1 is 1.03 bits per heavy atom. The van der Waals surface area contributed by atoms with Gasteiger partial charge in [-0.05, 0) is 74.8 Å². The van der Waals surface area contributed by atoms with Gasteiger partial charge in [-0.25, -0.2) is 0 Å². The minimum Gasteiger partial charge on any atom is -0.477 e. The van der Waals surface area contributed by atoms with Crippen molar-refractivity contribution in [2.24, 2.45) is 16.7 Å². The van der Waals surface area contributed by atoms with E-state index in [1.165, 1.54) is 0 Å². The van der Waals surface area contributed by atoms with Gasteiger partial charge in [-0.3, -0.25) is 9.78 Å². The fourth-order valence-electron chi connectivity index (χ4n) is 4.97. The van der Waals surface area contributed by atoms with Crippen molar-refractivity contribution in [3.63, 3.8) is 0 Å². The molecule has 0 amide bonds. The summed E-state index contributed by atoms with van der Waals surface area (Å²) in [6, 6.07) is 11.8. The third kappa shape index (κ3) is 8.02. The lowest BCUT2D eigenvalue weighted by molar-refractivity contribution is -0.169. The first-order valence-electron chi connectivity index (χ1n) is 13.5. The van der Waals surface area contributed by atoms with Gasteiger partial charge in [0.2, 0.25) is 0 Å². The highest BCUT2D eigenvalue weighted by Gasteiger charge is 2.40. The molecule has 0 radical (unpaired) electrons. The van der Waals surface area contributed by atoms with Crippen LogP contribution in [0.3, 0.4) is 0 Å². The van der Waals surface area contributed by atoms with Gasteiger partial charge in [-0.1, -0.05) is 48.5 Å². The SMILES string of the molecule is CCc1ncccc1-c1cc2ccc(OC(C)(S)CC(C)(C)OC(=O)C(CC(C)(C)C)C(C)(C)C)cc2o1. The van der Waals surface area contributed by atoms with Gasteiger partial charge in [0, 0.05) is 29.6 Å². The Labute approximate surface area is 234 Å². The van der Waals surface area contributed by atoms with E-state index in [1.807, 2.05) is 57.2 Å². The maximum absolute atomic E-state index is 13.3. The van der Waals surface area contributed by atoms with Gasteiger partial charge in [0.05, 0.1) is 11.6 Å². The molecule has 2 aromatic heterocycles. The number of thiol groups is 1. The number of furan rings is 1. The lowest BCUT2D eigenvalue weighted by Crippen LogP contribution is -2.42. The summed E-state index contributed by atoms with van der Waals surface area (Å²) in [5.41, 5.74) is 1.77. The van der Waals surface area contributed by atoms with Crippen LogP contribution in [0, 0.1) is 16.7 Å². The summed E-state index contributed by atoms with van der Waals surface area (Å²) in [4.78, 5) is 16.9. The molecule has 0 spiro atoms. The van der Waals surface area contributed by atoms with Crippen LogP contribution in [-0.2, 0) is 16.0 Å². The van der Waals surface area contributed by atoms with Crippen LogP contribution in [0.5, 0.6) is 5.75 Å². The summed E-state index contributed by atoms with van der Waals surface area (Å²) in [6.45, 7) is 20.6. The second-order valence-corrected chi connectivity index (χ2v) is 14.4. The van der Waals surface area contributed by atoms with Gasteiger partial charge < -0.3 is 13.9 Å². The number of fused-ring (bicyclic) bond motifs is 1. The first kappa shape index (κ1) is 30.1. The van der Waals surface area contributed by atoms with Gasteiger partial charge >= 0.3 is 5.97 Å². The third-order valence-corrected chi connectivity index (χ3v) is 6.85. The highest BCUT2D eigenvalue weighted by molar-refractivity contribution is 7.81. The number of pyridine rings is 1. The molecule has 6 heteroatoms. The zero-order chi connectivity index (χ0) is 28.5. The molecule has 2 unspecified atom stereocenters. The molecule has 5 nitrogen and oxygen atoms in total. The first-order chi connectivity index (χ1) is 17.4. The summed E-state index contributed by atoms with van der Waals surface area (Å²) in [5.74, 6) is 1.04. The fraction of sp³-hybridized carbons (Fsp3) is 0.562. The highest BCUT2D eigenvalue weighted by Crippen LogP contribution is 2.40. The first-order valence-corrected chi connectivity index (χ1v) is 14.0. The molecule has 0 aliphatic rings. The number of ether oxygens (including phenoxy) is 2. The van der Waals surface area contributed by atoms with Crippen molar-refractivity contribution >= 4 is 29.6 Å². The topological polar surface area (TPSA) is 61.6 Å². The van der Waals surface area contributed by atoms with Crippen LogP contribution >= 0.6 is 12.6 Å². The number of nitrogens with zero attached hydrogens (tertiary/aromatic N) is 1. The number of esters is 1. The van der Waals surface area contributed by atoms with Crippen molar-refractivity contribution in [1.82, 2.24) is 4.98 Å². The minimum absolute atomic E-state index is 0.0156. The number of carbonyl (C=O) groups is 1. The van der Waals surface area contributed by atoms with E-state index in [0.717, 1.165) is 40.8 Å². The smallest absolute Gasteiger partial charge is 0.310 e. The molecule has 3 rings (SSSR count). The van der Waals surface area contributed by atoms with E-state index in [0.29, 0.717) is 12.2 Å². The fourth-order valence-corrected chi connectivity index (χ4v) is 5.45. The molecule has 0 N–H and O–H groups in total. The largest absolute Gasteiger partial charge is 0.477 e. The highest BCUT2D eigenvalue weighted by atomic mass is 32.1. The standard InChI is InChI=1S/C32H45NO4S/c1-11-25-23(13-12-16-33-25)27-17-21-14-15-22(18-26(21)35-27)36-32(10,38)20-31(8,9)37-28(34)24(30(5,6)7)19-29(2,3)4/h12-18,24,38H,11,19-20H2,1-10H3. The van der Waals surface area contributed by atoms with Crippen LogP contribution in [0.2, 0.25) is 0 Å². The summed E-state index contributed by atoms with van der Waals surface area (Å²) < 4.78 is 18.6. The van der Waals surface area contributed by atoms with Crippen LogP contribution < -0.4 is 4.74 Å². The van der Waals surface area contributed by atoms with Crippen molar-refractivity contribution in [1.29, 1.82) is 0 Å². The monoisotopic (exact) mass is 539 g/mol. The van der Waals surface area contributed by atoms with Crippen LogP contribution in [0.25, 0.3) is 22.3 Å². The van der Waals surface area contributed by atoms with Crippen LogP contribution in [-0.4, -0.2) is 21.5 Å². The molecule has 0 fully saturated rings. The van der Waals surface area contributed by atoms with Crippen molar-refractivity contribution in [3.05, 3.63) is 48.3 Å². The van der Waals surface area contributed by atoms with E-state index in [4.69, 9.17) is 26.5 Å². The van der Waals surface area contributed by atoms with Gasteiger partial charge in [0.15, 0.2) is 4.93 Å². The van der Waals surface area contributed by atoms with E-state index in [9.17, 15) is 4.79 Å². The van der Waals surface area contributed by atoms with Crippen LogP contribution in [0.15, 0.2) is 47.0 Å². The second-order valence-electron chi connectivity index (χ2n) is 13.5. The average Bonchev–Trinajstić information content (AvgIpc) is 3.17. The molecule has 0 aliphatic heterocycles. The Balaban J connectivity index is 1.75. The predicted molar refractivity (Wildman–Crippen MR) is 159 cm³/mol. The summed E-state index contributed by atoms with van der Waals surface area (Å²) >= 11 is 4.82. The lowest BCUT2D eigenvalue weighted by Gasteiger charge is -2.38. The summed E-state index contributed by atoms with van der Waals surface area (Å²) in [5, 5.41) is 0.987. The molecule has 2 atom stereocenters. The number of hydrogen-bond acceptors (Lipinski definition) is 6. The number of carbonyl (C=O) groups excluding carboxylic acids is 1. The number of benzene rings is 1. The van der Waals surface area contributed by atoms with Crippen molar-refractivity contribution < 1.29 is 18.7 Å². The molecule has 0 saturated carbocycles. The molecule has 0 bridgehead atoms. The van der Waals surface area contributed by atoms with Crippen molar-refractivity contribution in [3.8, 4) is 17.1 Å². The second kappa shape index (κ2) is 11.0. The molecule has 0 aliphatic carbocycles. The Morgan fingerprint density at radius 3 is 2.32 bits per heavy atom. The van der Waals surface area contributed by atoms with Crippen molar-refractivity contribution in [2.45, 2.75) is 99.0 Å². The van der Waals surface area contributed by atoms with E-state index >= 15 is 0 Å². The van der Waals surface area contributed by atoms with E-state index in [1.54, 1.807) is 6.20 Å². The predicted octanol–water partition coefficient (Wildman–Crippen LogP) is 8.89. The molecule has 38 heavy (non-hydrogen) atoms. The molecule has 2 heterocycles. The van der Waals surface area contributed by atoms with Gasteiger partial charge in [-0.15, -0.1) is 12.6 Å². The van der Waals surface area contributed by atoms with Gasteiger partial charge in [0.25, 0.3) is 0 Å². The molecular weight excluding hydrogens is 494 g/mol. The Morgan fingerprint density at radius 2 is 1.71 bits per heavy atom. The lowest BCUT2D eigenvalue weighted by atomic mass is 9.72. The molecule has 208 valence electrons. The number of hydrogen-bond donors (Lipinski definition) is 1. The number of aromatic nitrogens is 1. The minimum atomic E-state index is -0.882. The number of rotatable bonds is 9. The van der Waals surface area contributed by atoms with Gasteiger partial charge in [0.1, 0.15) is 22.7 Å². The third-order valence-electron chi connectivity index (χ3n) is 6.60. The zero-order valence-electron chi connectivity index (χ0n) is 24.8. The summed E-state index contributed by atoms with van der Waals surface area (Å²) in [7, 11) is 0. The summed E-state index contributed by atoms with van der Waals surface area (Å²) in [6.07, 6.45) is 3.78. The quantitative estimate of drug-likeness (QED) is 0.167. The van der Waals surface area contributed by atoms with Crippen LogP contribution in [0.1, 0.15) is 87.8 Å². The van der Waals surface area contributed by atoms with E-state index < -0.39 is 10.5 Å². The van der Waals surface area contributed by atoms with E-state index in [-0.39, 0.29) is 22.7 Å². The molecule has 3 aromatic rings. The zero-order valence-corrected chi connectivity index (χ0v) is 25.7. The van der Waals surface area contributed by atoms with Gasteiger partial charge in [-0.2, -0.15) is 0 Å². The average molecular weight is 540 g/mol. The maximum atomic E-state index is 13.3.